The first kappa shape index (κ1) is 9.67. The van der Waals surface area contributed by atoms with Crippen molar-refractivity contribution in [3.63, 3.8) is 0 Å². The van der Waals surface area contributed by atoms with Crippen LogP contribution in [0.3, 0.4) is 0 Å². The Hall–Kier alpha value is -1.54. The van der Waals surface area contributed by atoms with Gasteiger partial charge in [0, 0.05) is 11.4 Å². The van der Waals surface area contributed by atoms with Crippen LogP contribution >= 0.6 is 0 Å². The summed E-state index contributed by atoms with van der Waals surface area (Å²) >= 11 is 0. The lowest BCUT2D eigenvalue weighted by Gasteiger charge is -2.22. The van der Waals surface area contributed by atoms with E-state index in [0.717, 1.165) is 0 Å². The van der Waals surface area contributed by atoms with Crippen molar-refractivity contribution in [2.75, 3.05) is 5.32 Å². The average molecular weight is 225 g/mol. The van der Waals surface area contributed by atoms with Crippen molar-refractivity contribution in [3.05, 3.63) is 47.5 Å². The van der Waals surface area contributed by atoms with Crippen molar-refractivity contribution >= 4 is 31.3 Å². The van der Waals surface area contributed by atoms with Crippen LogP contribution in [0.4, 0.5) is 11.4 Å². The monoisotopic (exact) mass is 225 g/mol. The van der Waals surface area contributed by atoms with Crippen LogP contribution in [0, 0.1) is 13.8 Å². The largest absolute Gasteiger partial charge is 0.356 e. The van der Waals surface area contributed by atoms with E-state index in [0.29, 0.717) is 0 Å². The highest BCUT2D eigenvalue weighted by Crippen LogP contribution is 2.18. The highest BCUT2D eigenvalue weighted by Gasteiger charge is 2.14. The van der Waals surface area contributed by atoms with E-state index in [-0.39, 0.29) is 9.52 Å². The highest BCUT2D eigenvalue weighted by molar-refractivity contribution is 6.71. The van der Waals surface area contributed by atoms with Crippen LogP contribution in [-0.2, 0) is 0 Å². The molecule has 0 aliphatic carbocycles. The minimum atomic E-state index is -0.300. The van der Waals surface area contributed by atoms with E-state index in [2.05, 4.69) is 55.6 Å². The van der Waals surface area contributed by atoms with Crippen LogP contribution in [0.25, 0.3) is 0 Å². The average Bonchev–Trinajstić information content (AvgIpc) is 2.26. The molecule has 2 aromatic rings. The minimum absolute atomic E-state index is 0.300. The van der Waals surface area contributed by atoms with Crippen LogP contribution in [0.5, 0.6) is 0 Å². The van der Waals surface area contributed by atoms with Crippen molar-refractivity contribution in [1.82, 2.24) is 0 Å². The highest BCUT2D eigenvalue weighted by atomic mass is 28.2. The summed E-state index contributed by atoms with van der Waals surface area (Å²) < 4.78 is 0. The predicted molar refractivity (Wildman–Crippen MR) is 73.5 cm³/mol. The molecular formula is C14H15NSi. The summed E-state index contributed by atoms with van der Waals surface area (Å²) in [5.74, 6) is 0. The Morgan fingerprint density at radius 3 is 1.81 bits per heavy atom. The molecule has 2 heteroatoms. The summed E-state index contributed by atoms with van der Waals surface area (Å²) in [5, 5.41) is 6.61. The predicted octanol–water partition coefficient (Wildman–Crippen LogP) is 1.48. The molecule has 16 heavy (non-hydrogen) atoms. The maximum atomic E-state index is 3.53. The minimum Gasteiger partial charge on any atom is -0.356 e. The van der Waals surface area contributed by atoms with Gasteiger partial charge in [0.15, 0.2) is 0 Å². The normalized spacial score (nSPS) is 12.6. The maximum Gasteiger partial charge on any atom is 0.0929 e. The van der Waals surface area contributed by atoms with Gasteiger partial charge < -0.3 is 5.32 Å². The molecular weight excluding hydrogens is 210 g/mol. The Morgan fingerprint density at radius 2 is 1.31 bits per heavy atom. The zero-order chi connectivity index (χ0) is 11.1. The summed E-state index contributed by atoms with van der Waals surface area (Å²) in [7, 11) is -0.300. The number of anilines is 2. The summed E-state index contributed by atoms with van der Waals surface area (Å²) in [6.07, 6.45) is 0. The SMILES string of the molecule is Cc1ccc2c(c1)[SiH2]c1cc(C)ccc1N2. The Balaban J connectivity index is 2.10. The fraction of sp³-hybridized carbons (Fsp3) is 0.143. The zero-order valence-corrected chi connectivity index (χ0v) is 11.1. The van der Waals surface area contributed by atoms with Crippen molar-refractivity contribution < 1.29 is 0 Å². The molecule has 80 valence electrons. The third kappa shape index (κ3) is 1.55. The third-order valence-corrected chi connectivity index (χ3v) is 5.10. The van der Waals surface area contributed by atoms with Crippen LogP contribution in [0.15, 0.2) is 36.4 Å². The number of aryl methyl sites for hydroxylation is 2. The lowest BCUT2D eigenvalue weighted by Crippen LogP contribution is -2.35. The molecule has 3 rings (SSSR count). The van der Waals surface area contributed by atoms with Gasteiger partial charge in [-0.25, -0.2) is 0 Å². The second kappa shape index (κ2) is 3.49. The van der Waals surface area contributed by atoms with E-state index in [9.17, 15) is 0 Å². The van der Waals surface area contributed by atoms with Crippen molar-refractivity contribution in [1.29, 1.82) is 0 Å². The first-order chi connectivity index (χ1) is 7.72. The molecule has 0 saturated heterocycles. The van der Waals surface area contributed by atoms with Gasteiger partial charge in [-0.15, -0.1) is 0 Å². The van der Waals surface area contributed by atoms with Gasteiger partial charge in [0.1, 0.15) is 0 Å². The van der Waals surface area contributed by atoms with Crippen LogP contribution in [-0.4, -0.2) is 9.52 Å². The molecule has 0 atom stereocenters. The fourth-order valence-electron chi connectivity index (χ4n) is 2.33. The molecule has 1 aliphatic heterocycles. The van der Waals surface area contributed by atoms with Gasteiger partial charge in [-0.05, 0) is 36.4 Å². The molecule has 1 nitrogen and oxygen atoms in total. The number of hydrogen-bond acceptors (Lipinski definition) is 1. The molecule has 0 spiro atoms. The van der Waals surface area contributed by atoms with Crippen molar-refractivity contribution in [2.45, 2.75) is 13.8 Å². The molecule has 0 radical (unpaired) electrons. The molecule has 1 aliphatic rings. The number of nitrogens with one attached hydrogen (secondary N) is 1. The molecule has 0 saturated carbocycles. The van der Waals surface area contributed by atoms with Crippen LogP contribution in [0.1, 0.15) is 11.1 Å². The molecule has 1 N–H and O–H groups in total. The first-order valence-electron chi connectivity index (χ1n) is 5.68. The molecule has 0 fully saturated rings. The van der Waals surface area contributed by atoms with Crippen molar-refractivity contribution in [3.8, 4) is 0 Å². The Bertz CT molecular complexity index is 511. The summed E-state index contributed by atoms with van der Waals surface area (Å²) in [4.78, 5) is 0. The maximum absolute atomic E-state index is 3.53. The standard InChI is InChI=1S/C14H15NSi/c1-9-3-5-11-13(7-9)16-14-8-10(2)4-6-12(14)15-11/h3-8,15H,16H2,1-2H3. The Morgan fingerprint density at radius 1 is 0.812 bits per heavy atom. The quantitative estimate of drug-likeness (QED) is 0.572. The van der Waals surface area contributed by atoms with Crippen molar-refractivity contribution in [2.24, 2.45) is 0 Å². The van der Waals surface area contributed by atoms with E-state index in [4.69, 9.17) is 0 Å². The molecule has 0 unspecified atom stereocenters. The van der Waals surface area contributed by atoms with Gasteiger partial charge >= 0.3 is 0 Å². The van der Waals surface area contributed by atoms with E-state index in [1.807, 2.05) is 0 Å². The summed E-state index contributed by atoms with van der Waals surface area (Å²) in [5.41, 5.74) is 5.36. The molecule has 0 bridgehead atoms. The number of rotatable bonds is 0. The molecule has 1 heterocycles. The van der Waals surface area contributed by atoms with Crippen LogP contribution in [0.2, 0.25) is 0 Å². The van der Waals surface area contributed by atoms with E-state index in [1.54, 1.807) is 0 Å². The van der Waals surface area contributed by atoms with Gasteiger partial charge in [0.2, 0.25) is 0 Å². The Kier molecular flexibility index (Phi) is 2.11. The number of fused-ring (bicyclic) bond motifs is 2. The van der Waals surface area contributed by atoms with Gasteiger partial charge in [0.05, 0.1) is 9.52 Å². The van der Waals surface area contributed by atoms with Gasteiger partial charge in [-0.1, -0.05) is 35.4 Å². The summed E-state index contributed by atoms with van der Waals surface area (Å²) in [6.45, 7) is 4.33. The number of hydrogen-bond donors (Lipinski definition) is 1. The smallest absolute Gasteiger partial charge is 0.0929 e. The molecule has 2 aromatic carbocycles. The fourth-order valence-corrected chi connectivity index (χ4v) is 4.38. The molecule has 0 amide bonds. The third-order valence-electron chi connectivity index (χ3n) is 3.17. The summed E-state index contributed by atoms with van der Waals surface area (Å²) in [6, 6.07) is 13.4. The van der Waals surface area contributed by atoms with Gasteiger partial charge in [0.25, 0.3) is 0 Å². The van der Waals surface area contributed by atoms with E-state index in [1.165, 1.54) is 32.9 Å². The second-order valence-corrected chi connectivity index (χ2v) is 6.50. The van der Waals surface area contributed by atoms with Gasteiger partial charge in [-0.2, -0.15) is 0 Å². The lowest BCUT2D eigenvalue weighted by molar-refractivity contribution is 1.45. The lowest BCUT2D eigenvalue weighted by atomic mass is 10.2. The zero-order valence-electron chi connectivity index (χ0n) is 9.67. The van der Waals surface area contributed by atoms with Crippen LogP contribution < -0.4 is 15.7 Å². The van der Waals surface area contributed by atoms with E-state index >= 15 is 0 Å². The second-order valence-electron chi connectivity index (χ2n) is 4.62. The van der Waals surface area contributed by atoms with E-state index < -0.39 is 0 Å². The topological polar surface area (TPSA) is 12.0 Å². The number of benzene rings is 2. The Labute approximate surface area is 98.3 Å². The molecule has 0 aromatic heterocycles. The van der Waals surface area contributed by atoms with Gasteiger partial charge in [-0.3, -0.25) is 0 Å². The first-order valence-corrected chi connectivity index (χ1v) is 7.10.